The first-order valence-corrected chi connectivity index (χ1v) is 9.56. The van der Waals surface area contributed by atoms with Gasteiger partial charge in [-0.05, 0) is 35.9 Å². The van der Waals surface area contributed by atoms with Crippen molar-refractivity contribution in [3.8, 4) is 11.5 Å². The van der Waals surface area contributed by atoms with Gasteiger partial charge in [0.2, 0.25) is 5.91 Å². The third kappa shape index (κ3) is 4.52. The molecular formula is C20H18N2O4S2. The molecule has 2 aromatic carbocycles. The van der Waals surface area contributed by atoms with Crippen LogP contribution in [-0.4, -0.2) is 41.8 Å². The molecule has 0 radical (unpaired) electrons. The maximum absolute atomic E-state index is 12.7. The number of nitrogens with zero attached hydrogens (tertiary/aromatic N) is 1. The lowest BCUT2D eigenvalue weighted by atomic mass is 10.2. The Morgan fingerprint density at radius 2 is 1.86 bits per heavy atom. The fourth-order valence-electron chi connectivity index (χ4n) is 2.60. The fraction of sp³-hybridized carbons (Fsp3) is 0.150. The molecule has 0 atom stereocenters. The molecule has 0 aromatic heterocycles. The van der Waals surface area contributed by atoms with Crippen molar-refractivity contribution in [3.05, 3.63) is 59.0 Å². The number of para-hydroxylation sites is 1. The minimum Gasteiger partial charge on any atom is -0.493 e. The van der Waals surface area contributed by atoms with Crippen LogP contribution in [0.3, 0.4) is 0 Å². The van der Waals surface area contributed by atoms with E-state index in [1.807, 2.05) is 24.3 Å². The van der Waals surface area contributed by atoms with Gasteiger partial charge < -0.3 is 14.8 Å². The van der Waals surface area contributed by atoms with Crippen LogP contribution in [0.2, 0.25) is 0 Å². The molecule has 0 spiro atoms. The van der Waals surface area contributed by atoms with Crippen LogP contribution in [0.15, 0.2) is 53.4 Å². The number of methoxy groups -OCH3 is 2. The van der Waals surface area contributed by atoms with Crippen LogP contribution in [0.1, 0.15) is 5.56 Å². The number of nitrogens with one attached hydrogen (secondary N) is 1. The van der Waals surface area contributed by atoms with Crippen LogP contribution < -0.4 is 14.8 Å². The van der Waals surface area contributed by atoms with Crippen molar-refractivity contribution in [2.45, 2.75) is 0 Å². The van der Waals surface area contributed by atoms with Gasteiger partial charge in [0, 0.05) is 5.69 Å². The summed E-state index contributed by atoms with van der Waals surface area (Å²) in [5.74, 6) is 0.557. The van der Waals surface area contributed by atoms with Crippen LogP contribution in [0, 0.1) is 0 Å². The zero-order valence-electron chi connectivity index (χ0n) is 15.3. The Bertz CT molecular complexity index is 944. The number of carbonyl (C=O) groups excluding carboxylic acids is 2. The lowest BCUT2D eigenvalue weighted by Gasteiger charge is -2.14. The van der Waals surface area contributed by atoms with E-state index in [9.17, 15) is 9.59 Å². The van der Waals surface area contributed by atoms with Crippen molar-refractivity contribution in [2.75, 3.05) is 26.1 Å². The van der Waals surface area contributed by atoms with E-state index in [0.29, 0.717) is 26.4 Å². The number of benzene rings is 2. The van der Waals surface area contributed by atoms with E-state index in [2.05, 4.69) is 5.32 Å². The van der Waals surface area contributed by atoms with E-state index >= 15 is 0 Å². The zero-order valence-corrected chi connectivity index (χ0v) is 16.9. The summed E-state index contributed by atoms with van der Waals surface area (Å²) in [6.07, 6.45) is 1.72. The van der Waals surface area contributed by atoms with Crippen molar-refractivity contribution in [2.24, 2.45) is 0 Å². The summed E-state index contributed by atoms with van der Waals surface area (Å²) in [6.45, 7) is -0.136. The van der Waals surface area contributed by atoms with E-state index in [0.717, 1.165) is 5.56 Å². The Kier molecular flexibility index (Phi) is 6.33. The molecule has 1 saturated heterocycles. The van der Waals surface area contributed by atoms with Gasteiger partial charge in [0.1, 0.15) is 10.9 Å². The fourth-order valence-corrected chi connectivity index (χ4v) is 3.85. The Balaban J connectivity index is 1.72. The van der Waals surface area contributed by atoms with Gasteiger partial charge in [-0.3, -0.25) is 14.5 Å². The molecule has 144 valence electrons. The second-order valence-corrected chi connectivity index (χ2v) is 7.47. The molecule has 28 heavy (non-hydrogen) atoms. The molecule has 1 aliphatic heterocycles. The molecule has 1 N–H and O–H groups in total. The van der Waals surface area contributed by atoms with Crippen LogP contribution in [0.4, 0.5) is 5.69 Å². The van der Waals surface area contributed by atoms with Crippen molar-refractivity contribution < 1.29 is 19.1 Å². The third-order valence-electron chi connectivity index (χ3n) is 3.94. The Hall–Kier alpha value is -2.84. The first-order valence-electron chi connectivity index (χ1n) is 8.34. The second kappa shape index (κ2) is 8.90. The van der Waals surface area contributed by atoms with Crippen molar-refractivity contribution in [1.29, 1.82) is 0 Å². The molecule has 0 unspecified atom stereocenters. The normalized spacial score (nSPS) is 15.1. The van der Waals surface area contributed by atoms with Gasteiger partial charge >= 0.3 is 0 Å². The third-order valence-corrected chi connectivity index (χ3v) is 5.32. The highest BCUT2D eigenvalue weighted by Crippen LogP contribution is 2.34. The molecule has 1 fully saturated rings. The molecule has 2 amide bonds. The number of hydrogen-bond donors (Lipinski definition) is 1. The van der Waals surface area contributed by atoms with Gasteiger partial charge in [0.15, 0.2) is 11.5 Å². The van der Waals surface area contributed by atoms with Crippen LogP contribution in [0.25, 0.3) is 6.08 Å². The van der Waals surface area contributed by atoms with Crippen molar-refractivity contribution >= 4 is 51.9 Å². The number of ether oxygens (including phenoxy) is 2. The number of thioether (sulfide) groups is 1. The molecule has 1 aliphatic rings. The quantitative estimate of drug-likeness (QED) is 0.576. The van der Waals surface area contributed by atoms with Gasteiger partial charge in [0.05, 0.1) is 19.1 Å². The van der Waals surface area contributed by atoms with E-state index in [1.165, 1.54) is 16.7 Å². The summed E-state index contributed by atoms with van der Waals surface area (Å²) < 4.78 is 10.8. The Morgan fingerprint density at radius 1 is 1.14 bits per heavy atom. The molecule has 2 aromatic rings. The highest BCUT2D eigenvalue weighted by atomic mass is 32.2. The first-order chi connectivity index (χ1) is 13.5. The average molecular weight is 415 g/mol. The van der Waals surface area contributed by atoms with Gasteiger partial charge in [0.25, 0.3) is 5.91 Å². The summed E-state index contributed by atoms with van der Waals surface area (Å²) in [5, 5.41) is 2.75. The number of carbonyl (C=O) groups is 2. The van der Waals surface area contributed by atoms with Gasteiger partial charge in [-0.2, -0.15) is 0 Å². The number of hydrogen-bond acceptors (Lipinski definition) is 6. The lowest BCUT2D eigenvalue weighted by molar-refractivity contribution is -0.126. The van der Waals surface area contributed by atoms with E-state index in [4.69, 9.17) is 21.7 Å². The maximum atomic E-state index is 12.7. The topological polar surface area (TPSA) is 67.9 Å². The van der Waals surface area contributed by atoms with Crippen LogP contribution >= 0.6 is 24.0 Å². The smallest absolute Gasteiger partial charge is 0.266 e. The molecule has 8 heteroatoms. The Morgan fingerprint density at radius 3 is 2.54 bits per heavy atom. The monoisotopic (exact) mass is 414 g/mol. The first kappa shape index (κ1) is 19.9. The molecule has 0 bridgehead atoms. The number of amides is 2. The number of rotatable bonds is 6. The number of anilines is 1. The summed E-state index contributed by atoms with van der Waals surface area (Å²) in [5.41, 5.74) is 1.44. The lowest BCUT2D eigenvalue weighted by Crippen LogP contribution is -2.36. The van der Waals surface area contributed by atoms with Gasteiger partial charge in [-0.1, -0.05) is 48.2 Å². The highest BCUT2D eigenvalue weighted by molar-refractivity contribution is 8.26. The van der Waals surface area contributed by atoms with Gasteiger partial charge in [-0.25, -0.2) is 0 Å². The molecule has 3 rings (SSSR count). The SMILES string of the molecule is COc1ccc(/C=C2\SC(=S)N(CC(=O)Nc3ccccc3)C2=O)cc1OC. The minimum absolute atomic E-state index is 0.136. The zero-order chi connectivity index (χ0) is 20.1. The minimum atomic E-state index is -0.310. The van der Waals surface area contributed by atoms with E-state index in [-0.39, 0.29) is 18.4 Å². The van der Waals surface area contributed by atoms with Crippen molar-refractivity contribution in [1.82, 2.24) is 4.90 Å². The Labute approximate surface area is 172 Å². The largest absolute Gasteiger partial charge is 0.493 e. The standard InChI is InChI=1S/C20H18N2O4S2/c1-25-15-9-8-13(10-16(15)26-2)11-17-19(24)22(20(27)28-17)12-18(23)21-14-6-4-3-5-7-14/h3-11H,12H2,1-2H3,(H,21,23)/b17-11-. The molecule has 1 heterocycles. The second-order valence-electron chi connectivity index (χ2n) is 5.80. The molecular weight excluding hydrogens is 396 g/mol. The van der Waals surface area contributed by atoms with Crippen LogP contribution in [-0.2, 0) is 9.59 Å². The van der Waals surface area contributed by atoms with Gasteiger partial charge in [-0.15, -0.1) is 0 Å². The average Bonchev–Trinajstić information content (AvgIpc) is 2.96. The molecule has 0 saturated carbocycles. The summed E-state index contributed by atoms with van der Waals surface area (Å²) in [4.78, 5) is 26.7. The highest BCUT2D eigenvalue weighted by Gasteiger charge is 2.33. The van der Waals surface area contributed by atoms with Crippen molar-refractivity contribution in [3.63, 3.8) is 0 Å². The maximum Gasteiger partial charge on any atom is 0.266 e. The van der Waals surface area contributed by atoms with E-state index in [1.54, 1.807) is 44.6 Å². The summed E-state index contributed by atoms with van der Waals surface area (Å²) in [6, 6.07) is 14.4. The number of thiocarbonyl (C=S) groups is 1. The molecule has 6 nitrogen and oxygen atoms in total. The molecule has 0 aliphatic carbocycles. The summed E-state index contributed by atoms with van der Waals surface area (Å²) in [7, 11) is 3.11. The van der Waals surface area contributed by atoms with E-state index < -0.39 is 0 Å². The van der Waals surface area contributed by atoms with Crippen LogP contribution in [0.5, 0.6) is 11.5 Å². The predicted octanol–water partition coefficient (Wildman–Crippen LogP) is 3.54. The summed E-state index contributed by atoms with van der Waals surface area (Å²) >= 11 is 6.45. The predicted molar refractivity (Wildman–Crippen MR) is 114 cm³/mol.